The lowest BCUT2D eigenvalue weighted by Crippen LogP contribution is -2.04. The molecular weight excluding hydrogens is 204 g/mol. The van der Waals surface area contributed by atoms with Gasteiger partial charge in [0.25, 0.3) is 0 Å². The molecule has 0 heterocycles. The molecule has 3 nitrogen and oxygen atoms in total. The van der Waals surface area contributed by atoms with Crippen LogP contribution in [0.1, 0.15) is 24.8 Å². The van der Waals surface area contributed by atoms with Gasteiger partial charge in [-0.2, -0.15) is 0 Å². The minimum Gasteiger partial charge on any atom is -0.493 e. The zero-order valence-corrected chi connectivity index (χ0v) is 9.93. The molecular formula is C13H18O3. The zero-order valence-electron chi connectivity index (χ0n) is 9.93. The molecule has 1 aliphatic carbocycles. The van der Waals surface area contributed by atoms with Gasteiger partial charge in [-0.3, -0.25) is 0 Å². The van der Waals surface area contributed by atoms with Crippen molar-refractivity contribution in [1.82, 2.24) is 0 Å². The van der Waals surface area contributed by atoms with Crippen LogP contribution in [0.15, 0.2) is 18.2 Å². The molecule has 0 saturated heterocycles. The van der Waals surface area contributed by atoms with Crippen LogP contribution in [0.2, 0.25) is 0 Å². The highest BCUT2D eigenvalue weighted by atomic mass is 16.5. The normalized spacial score (nSPS) is 25.0. The van der Waals surface area contributed by atoms with Crippen LogP contribution < -0.4 is 9.47 Å². The molecule has 1 N–H and O–H groups in total. The first-order chi connectivity index (χ1) is 7.69. The topological polar surface area (TPSA) is 38.7 Å². The van der Waals surface area contributed by atoms with Gasteiger partial charge in [0.2, 0.25) is 0 Å². The van der Waals surface area contributed by atoms with Crippen LogP contribution in [0.4, 0.5) is 0 Å². The smallest absolute Gasteiger partial charge is 0.164 e. The quantitative estimate of drug-likeness (QED) is 0.848. The minimum absolute atomic E-state index is 0.249. The van der Waals surface area contributed by atoms with Crippen LogP contribution in [0.25, 0.3) is 0 Å². The van der Waals surface area contributed by atoms with Gasteiger partial charge in [0.1, 0.15) is 0 Å². The second-order valence-electron chi connectivity index (χ2n) is 4.33. The lowest BCUT2D eigenvalue weighted by molar-refractivity contribution is 0.168. The summed E-state index contributed by atoms with van der Waals surface area (Å²) in [6.45, 7) is 1.84. The Labute approximate surface area is 96.0 Å². The number of benzene rings is 1. The molecule has 1 aromatic rings. The number of ether oxygens (including phenoxy) is 2. The van der Waals surface area contributed by atoms with Crippen molar-refractivity contribution >= 4 is 0 Å². The van der Waals surface area contributed by atoms with Crippen molar-refractivity contribution < 1.29 is 14.6 Å². The molecule has 0 unspecified atom stereocenters. The molecule has 0 spiro atoms. The fraction of sp³-hybridized carbons (Fsp3) is 0.538. The van der Waals surface area contributed by atoms with Crippen LogP contribution >= 0.6 is 0 Å². The Morgan fingerprint density at radius 1 is 1.31 bits per heavy atom. The number of aliphatic hydroxyl groups is 1. The SMILES string of the molecule is COc1cccc([C@@H]2C[C@H]2[C@H](C)O)c1OC. The zero-order chi connectivity index (χ0) is 11.7. The number of para-hydroxylation sites is 1. The highest BCUT2D eigenvalue weighted by Gasteiger charge is 2.43. The van der Waals surface area contributed by atoms with E-state index in [1.54, 1.807) is 14.2 Å². The first-order valence-electron chi connectivity index (χ1n) is 5.58. The monoisotopic (exact) mass is 222 g/mol. The Bertz CT molecular complexity index is 373. The van der Waals surface area contributed by atoms with Gasteiger partial charge in [-0.25, -0.2) is 0 Å². The van der Waals surface area contributed by atoms with Crippen molar-refractivity contribution in [3.05, 3.63) is 23.8 Å². The Kier molecular flexibility index (Phi) is 3.06. The van der Waals surface area contributed by atoms with Gasteiger partial charge in [0.15, 0.2) is 11.5 Å². The van der Waals surface area contributed by atoms with E-state index in [9.17, 15) is 5.11 Å². The van der Waals surface area contributed by atoms with Gasteiger partial charge in [-0.1, -0.05) is 12.1 Å². The van der Waals surface area contributed by atoms with Crippen LogP contribution in [-0.2, 0) is 0 Å². The van der Waals surface area contributed by atoms with E-state index in [1.165, 1.54) is 0 Å². The van der Waals surface area contributed by atoms with E-state index in [-0.39, 0.29) is 6.10 Å². The summed E-state index contributed by atoms with van der Waals surface area (Å²) >= 11 is 0. The van der Waals surface area contributed by atoms with E-state index in [1.807, 2.05) is 19.1 Å². The molecule has 1 aromatic carbocycles. The fourth-order valence-electron chi connectivity index (χ4n) is 2.31. The lowest BCUT2D eigenvalue weighted by atomic mass is 10.1. The second-order valence-corrected chi connectivity index (χ2v) is 4.33. The fourth-order valence-corrected chi connectivity index (χ4v) is 2.31. The average molecular weight is 222 g/mol. The van der Waals surface area contributed by atoms with Crippen LogP contribution in [0.3, 0.4) is 0 Å². The number of aliphatic hydroxyl groups excluding tert-OH is 1. The van der Waals surface area contributed by atoms with E-state index in [0.717, 1.165) is 23.5 Å². The maximum absolute atomic E-state index is 9.54. The third kappa shape index (κ3) is 1.87. The van der Waals surface area contributed by atoms with Gasteiger partial charge in [-0.15, -0.1) is 0 Å². The summed E-state index contributed by atoms with van der Waals surface area (Å²) in [5, 5.41) is 9.54. The minimum atomic E-state index is -0.249. The lowest BCUT2D eigenvalue weighted by Gasteiger charge is -2.12. The highest BCUT2D eigenvalue weighted by molar-refractivity contribution is 5.50. The average Bonchev–Trinajstić information content (AvgIpc) is 3.07. The van der Waals surface area contributed by atoms with E-state index >= 15 is 0 Å². The molecule has 0 aromatic heterocycles. The summed E-state index contributed by atoms with van der Waals surface area (Å²) in [5.74, 6) is 2.33. The maximum atomic E-state index is 9.54. The van der Waals surface area contributed by atoms with Gasteiger partial charge in [0, 0.05) is 5.56 Å². The summed E-state index contributed by atoms with van der Waals surface area (Å²) in [6.07, 6.45) is 0.780. The van der Waals surface area contributed by atoms with E-state index in [0.29, 0.717) is 11.8 Å². The summed E-state index contributed by atoms with van der Waals surface area (Å²) in [7, 11) is 3.29. The van der Waals surface area contributed by atoms with E-state index in [4.69, 9.17) is 9.47 Å². The van der Waals surface area contributed by atoms with Crippen molar-refractivity contribution in [3.8, 4) is 11.5 Å². The molecule has 0 amide bonds. The highest BCUT2D eigenvalue weighted by Crippen LogP contribution is 2.53. The number of hydrogen-bond acceptors (Lipinski definition) is 3. The molecule has 1 aliphatic rings. The van der Waals surface area contributed by atoms with Gasteiger partial charge in [-0.05, 0) is 31.2 Å². The van der Waals surface area contributed by atoms with Crippen LogP contribution in [-0.4, -0.2) is 25.4 Å². The van der Waals surface area contributed by atoms with Crippen molar-refractivity contribution in [1.29, 1.82) is 0 Å². The first-order valence-corrected chi connectivity index (χ1v) is 5.58. The molecule has 16 heavy (non-hydrogen) atoms. The Balaban J connectivity index is 2.28. The van der Waals surface area contributed by atoms with E-state index in [2.05, 4.69) is 6.07 Å². The van der Waals surface area contributed by atoms with Crippen molar-refractivity contribution in [2.45, 2.75) is 25.4 Å². The van der Waals surface area contributed by atoms with Crippen LogP contribution in [0.5, 0.6) is 11.5 Å². The molecule has 1 saturated carbocycles. The molecule has 0 bridgehead atoms. The summed E-state index contributed by atoms with van der Waals surface area (Å²) in [6, 6.07) is 5.91. The maximum Gasteiger partial charge on any atom is 0.164 e. The molecule has 1 fully saturated rings. The summed E-state index contributed by atoms with van der Waals surface area (Å²) in [5.41, 5.74) is 1.15. The number of hydrogen-bond donors (Lipinski definition) is 1. The van der Waals surface area contributed by atoms with Crippen molar-refractivity contribution in [3.63, 3.8) is 0 Å². The standard InChI is InChI=1S/C13H18O3/c1-8(14)10-7-11(10)9-5-4-6-12(15-2)13(9)16-3/h4-6,8,10-11,14H,7H2,1-3H3/t8-,10-,11-/m0/s1. The Hall–Kier alpha value is -1.22. The van der Waals surface area contributed by atoms with E-state index < -0.39 is 0 Å². The van der Waals surface area contributed by atoms with Gasteiger partial charge in [0.05, 0.1) is 20.3 Å². The Morgan fingerprint density at radius 3 is 2.56 bits per heavy atom. The Morgan fingerprint density at radius 2 is 2.06 bits per heavy atom. The predicted molar refractivity (Wildman–Crippen MR) is 62.1 cm³/mol. The summed E-state index contributed by atoms with van der Waals surface area (Å²) < 4.78 is 10.7. The molecule has 88 valence electrons. The third-order valence-electron chi connectivity index (χ3n) is 3.29. The van der Waals surface area contributed by atoms with Gasteiger partial charge < -0.3 is 14.6 Å². The molecule has 3 atom stereocenters. The second kappa shape index (κ2) is 4.34. The van der Waals surface area contributed by atoms with Gasteiger partial charge >= 0.3 is 0 Å². The van der Waals surface area contributed by atoms with Crippen molar-refractivity contribution in [2.24, 2.45) is 5.92 Å². The molecule has 3 heteroatoms. The third-order valence-corrected chi connectivity index (χ3v) is 3.29. The summed E-state index contributed by atoms with van der Waals surface area (Å²) in [4.78, 5) is 0. The number of rotatable bonds is 4. The molecule has 2 rings (SSSR count). The molecule has 0 radical (unpaired) electrons. The largest absolute Gasteiger partial charge is 0.493 e. The molecule has 0 aliphatic heterocycles. The first kappa shape index (κ1) is 11.3. The van der Waals surface area contributed by atoms with Crippen LogP contribution in [0, 0.1) is 5.92 Å². The number of methoxy groups -OCH3 is 2. The predicted octanol–water partition coefficient (Wildman–Crippen LogP) is 2.19. The van der Waals surface area contributed by atoms with Crippen molar-refractivity contribution in [2.75, 3.05) is 14.2 Å².